The Kier molecular flexibility index (Phi) is 4.61. The van der Waals surface area contributed by atoms with Gasteiger partial charge in [0.25, 0.3) is 0 Å². The zero-order chi connectivity index (χ0) is 15.2. The van der Waals surface area contributed by atoms with Crippen molar-refractivity contribution in [2.75, 3.05) is 0 Å². The third-order valence-corrected chi connectivity index (χ3v) is 2.71. The highest BCUT2D eigenvalue weighted by Crippen LogP contribution is 2.21. The molecule has 4 nitrogen and oxygen atoms in total. The van der Waals surface area contributed by atoms with Crippen LogP contribution in [0.4, 0.5) is 11.4 Å². The van der Waals surface area contributed by atoms with Gasteiger partial charge in [0.05, 0.1) is 11.4 Å². The number of benzene rings is 2. The van der Waals surface area contributed by atoms with Crippen LogP contribution in [-0.2, 0) is 4.79 Å². The molecule has 2 aromatic carbocycles. The molecule has 0 saturated carbocycles. The normalized spacial score (nSPS) is 10.6. The summed E-state index contributed by atoms with van der Waals surface area (Å²) < 4.78 is 5.10. The summed E-state index contributed by atoms with van der Waals surface area (Å²) in [5, 5.41) is 8.27. The van der Waals surface area contributed by atoms with Crippen LogP contribution in [0.1, 0.15) is 12.5 Å². The second-order valence-electron chi connectivity index (χ2n) is 4.70. The third kappa shape index (κ3) is 4.38. The highest BCUT2D eigenvalue weighted by atomic mass is 16.5. The lowest BCUT2D eigenvalue weighted by molar-refractivity contribution is -0.130. The summed E-state index contributed by atoms with van der Waals surface area (Å²) in [6, 6.07) is 14.6. The first-order chi connectivity index (χ1) is 10.0. The van der Waals surface area contributed by atoms with Gasteiger partial charge in [-0.15, -0.1) is 0 Å². The Bertz CT molecular complexity index is 671. The van der Waals surface area contributed by atoms with Crippen molar-refractivity contribution >= 4 is 17.3 Å². The van der Waals surface area contributed by atoms with Crippen molar-refractivity contribution < 1.29 is 9.53 Å². The molecule has 0 saturated heterocycles. The minimum Gasteiger partial charge on any atom is -0.423 e. The predicted molar refractivity (Wildman–Crippen MR) is 82.2 cm³/mol. The van der Waals surface area contributed by atoms with E-state index in [1.807, 2.05) is 31.2 Å². The number of aryl methyl sites for hydroxylation is 1. The molecule has 0 N–H and O–H groups in total. The summed E-state index contributed by atoms with van der Waals surface area (Å²) in [7, 11) is 0. The summed E-state index contributed by atoms with van der Waals surface area (Å²) in [5.41, 5.74) is 3.01. The summed E-state index contributed by atoms with van der Waals surface area (Å²) >= 11 is 0. The third-order valence-electron chi connectivity index (χ3n) is 2.71. The molecule has 2 aromatic rings. The van der Waals surface area contributed by atoms with Gasteiger partial charge in [0.15, 0.2) is 0 Å². The van der Waals surface area contributed by atoms with Crippen LogP contribution in [0.5, 0.6) is 5.75 Å². The van der Waals surface area contributed by atoms with E-state index in [0.717, 1.165) is 5.69 Å². The lowest BCUT2D eigenvalue weighted by Gasteiger charge is -2.03. The van der Waals surface area contributed by atoms with E-state index in [2.05, 4.69) is 16.8 Å². The standard InChI is InChI=1S/C17H16N2O2/c1-12(2)17(20)21-16-10-8-15(9-11-16)19-18-14-6-4-13(3)5-7-14/h4-11H,1H2,2-3H3. The average molecular weight is 280 g/mol. The molecular formula is C17H16N2O2. The SMILES string of the molecule is C=C(C)C(=O)Oc1ccc(N=Nc2ccc(C)cc2)cc1. The van der Waals surface area contributed by atoms with Crippen LogP contribution in [0.25, 0.3) is 0 Å². The molecule has 106 valence electrons. The molecule has 0 bridgehead atoms. The monoisotopic (exact) mass is 280 g/mol. The van der Waals surface area contributed by atoms with E-state index in [-0.39, 0.29) is 0 Å². The molecule has 0 aliphatic rings. The highest BCUT2D eigenvalue weighted by Gasteiger charge is 2.04. The fourth-order valence-electron chi connectivity index (χ4n) is 1.50. The van der Waals surface area contributed by atoms with Gasteiger partial charge in [0, 0.05) is 5.57 Å². The van der Waals surface area contributed by atoms with Crippen molar-refractivity contribution in [3.05, 3.63) is 66.2 Å². The van der Waals surface area contributed by atoms with E-state index in [1.165, 1.54) is 5.56 Å². The number of nitrogens with zero attached hydrogens (tertiary/aromatic N) is 2. The lowest BCUT2D eigenvalue weighted by atomic mass is 10.2. The molecule has 0 atom stereocenters. The number of hydrogen-bond acceptors (Lipinski definition) is 4. The van der Waals surface area contributed by atoms with Gasteiger partial charge >= 0.3 is 5.97 Å². The first kappa shape index (κ1) is 14.7. The Balaban J connectivity index is 2.03. The first-order valence-corrected chi connectivity index (χ1v) is 6.51. The molecule has 4 heteroatoms. The van der Waals surface area contributed by atoms with E-state index in [9.17, 15) is 4.79 Å². The van der Waals surface area contributed by atoms with Gasteiger partial charge in [-0.05, 0) is 50.2 Å². The quantitative estimate of drug-likeness (QED) is 0.346. The van der Waals surface area contributed by atoms with E-state index in [1.54, 1.807) is 31.2 Å². The smallest absolute Gasteiger partial charge is 0.338 e. The van der Waals surface area contributed by atoms with Crippen LogP contribution < -0.4 is 4.74 Å². The Hall–Kier alpha value is -2.75. The zero-order valence-corrected chi connectivity index (χ0v) is 12.0. The van der Waals surface area contributed by atoms with Crippen molar-refractivity contribution in [3.63, 3.8) is 0 Å². The molecule has 0 fully saturated rings. The Morgan fingerprint density at radius 2 is 1.43 bits per heavy atom. The summed E-state index contributed by atoms with van der Waals surface area (Å²) in [6.45, 7) is 7.15. The van der Waals surface area contributed by atoms with Crippen LogP contribution >= 0.6 is 0 Å². The van der Waals surface area contributed by atoms with E-state index in [0.29, 0.717) is 17.0 Å². The van der Waals surface area contributed by atoms with E-state index in [4.69, 9.17) is 4.74 Å². The molecule has 21 heavy (non-hydrogen) atoms. The van der Waals surface area contributed by atoms with Crippen LogP contribution in [0.15, 0.2) is 70.9 Å². The molecular weight excluding hydrogens is 264 g/mol. The minimum atomic E-state index is -0.441. The largest absolute Gasteiger partial charge is 0.423 e. The van der Waals surface area contributed by atoms with Crippen molar-refractivity contribution in [2.24, 2.45) is 10.2 Å². The van der Waals surface area contributed by atoms with Gasteiger partial charge in [0.2, 0.25) is 0 Å². The molecule has 0 radical (unpaired) electrons. The van der Waals surface area contributed by atoms with E-state index >= 15 is 0 Å². The average Bonchev–Trinajstić information content (AvgIpc) is 2.48. The first-order valence-electron chi connectivity index (χ1n) is 6.51. The van der Waals surface area contributed by atoms with Gasteiger partial charge in [-0.25, -0.2) is 4.79 Å². The molecule has 0 aliphatic heterocycles. The number of carbonyl (C=O) groups excluding carboxylic acids is 1. The lowest BCUT2D eigenvalue weighted by Crippen LogP contribution is -2.07. The minimum absolute atomic E-state index is 0.359. The van der Waals surface area contributed by atoms with Gasteiger partial charge in [0.1, 0.15) is 5.75 Å². The molecule has 0 aliphatic carbocycles. The second-order valence-corrected chi connectivity index (χ2v) is 4.70. The molecule has 0 unspecified atom stereocenters. The number of esters is 1. The van der Waals surface area contributed by atoms with Gasteiger partial charge in [-0.3, -0.25) is 0 Å². The van der Waals surface area contributed by atoms with Crippen LogP contribution in [-0.4, -0.2) is 5.97 Å². The van der Waals surface area contributed by atoms with Crippen molar-refractivity contribution in [2.45, 2.75) is 13.8 Å². The fourth-order valence-corrected chi connectivity index (χ4v) is 1.50. The summed E-state index contributed by atoms with van der Waals surface area (Å²) in [6.07, 6.45) is 0. The number of hydrogen-bond donors (Lipinski definition) is 0. The maximum absolute atomic E-state index is 11.4. The highest BCUT2D eigenvalue weighted by molar-refractivity contribution is 5.88. The second kappa shape index (κ2) is 6.61. The number of azo groups is 1. The topological polar surface area (TPSA) is 51.0 Å². The van der Waals surface area contributed by atoms with Crippen molar-refractivity contribution in [1.29, 1.82) is 0 Å². The molecule has 0 spiro atoms. The summed E-state index contributed by atoms with van der Waals surface area (Å²) in [5.74, 6) is 0.0151. The van der Waals surface area contributed by atoms with Crippen LogP contribution in [0.2, 0.25) is 0 Å². The van der Waals surface area contributed by atoms with Crippen molar-refractivity contribution in [1.82, 2.24) is 0 Å². The van der Waals surface area contributed by atoms with Crippen LogP contribution in [0.3, 0.4) is 0 Å². The predicted octanol–water partition coefficient (Wildman–Crippen LogP) is 4.89. The van der Waals surface area contributed by atoms with Gasteiger partial charge in [-0.1, -0.05) is 24.3 Å². The van der Waals surface area contributed by atoms with E-state index < -0.39 is 5.97 Å². The van der Waals surface area contributed by atoms with Crippen LogP contribution in [0, 0.1) is 6.92 Å². The fraction of sp³-hybridized carbons (Fsp3) is 0.118. The van der Waals surface area contributed by atoms with Gasteiger partial charge in [-0.2, -0.15) is 10.2 Å². The Morgan fingerprint density at radius 3 is 1.90 bits per heavy atom. The number of rotatable bonds is 4. The molecule has 2 rings (SSSR count). The Morgan fingerprint density at radius 1 is 0.952 bits per heavy atom. The number of carbonyl (C=O) groups is 1. The Labute approximate surface area is 123 Å². The number of ether oxygens (including phenoxy) is 1. The molecule has 0 amide bonds. The van der Waals surface area contributed by atoms with Gasteiger partial charge < -0.3 is 4.74 Å². The molecule has 0 heterocycles. The van der Waals surface area contributed by atoms with Crippen molar-refractivity contribution in [3.8, 4) is 5.75 Å². The maximum Gasteiger partial charge on any atom is 0.338 e. The maximum atomic E-state index is 11.4. The zero-order valence-electron chi connectivity index (χ0n) is 12.0. The summed E-state index contributed by atoms with van der Waals surface area (Å²) in [4.78, 5) is 11.4. The molecule has 0 aromatic heterocycles.